The molecule has 1 fully saturated rings. The molecular weight excluding hydrogens is 220 g/mol. The van der Waals surface area contributed by atoms with Crippen molar-refractivity contribution < 1.29 is 4.79 Å². The predicted molar refractivity (Wildman–Crippen MR) is 70.8 cm³/mol. The molecule has 4 heteroatoms. The zero-order chi connectivity index (χ0) is 12.2. The van der Waals surface area contributed by atoms with Gasteiger partial charge < -0.3 is 10.6 Å². The molecule has 0 aromatic carbocycles. The molecule has 0 aromatic rings. The summed E-state index contributed by atoms with van der Waals surface area (Å²) in [5.41, 5.74) is 0. The van der Waals surface area contributed by atoms with Crippen LogP contribution in [-0.2, 0) is 4.79 Å². The first-order valence-corrected chi connectivity index (χ1v) is 7.05. The van der Waals surface area contributed by atoms with Crippen molar-refractivity contribution in [2.45, 2.75) is 57.4 Å². The highest BCUT2D eigenvalue weighted by Crippen LogP contribution is 2.23. The molecule has 0 aliphatic carbocycles. The lowest BCUT2D eigenvalue weighted by atomic mass is 10.1. The minimum Gasteiger partial charge on any atom is -0.355 e. The van der Waals surface area contributed by atoms with Gasteiger partial charge in [-0.1, -0.05) is 20.8 Å². The van der Waals surface area contributed by atoms with Crippen molar-refractivity contribution in [2.24, 2.45) is 0 Å². The highest BCUT2D eigenvalue weighted by atomic mass is 32.2. The van der Waals surface area contributed by atoms with E-state index in [1.165, 1.54) is 0 Å². The third-order valence-corrected chi connectivity index (χ3v) is 4.07. The maximum atomic E-state index is 11.6. The quantitative estimate of drug-likeness (QED) is 0.792. The molecule has 1 aliphatic heterocycles. The molecule has 0 unspecified atom stereocenters. The van der Waals surface area contributed by atoms with E-state index in [2.05, 4.69) is 38.3 Å². The van der Waals surface area contributed by atoms with E-state index in [4.69, 9.17) is 0 Å². The molecule has 16 heavy (non-hydrogen) atoms. The van der Waals surface area contributed by atoms with Crippen LogP contribution in [0.15, 0.2) is 0 Å². The largest absolute Gasteiger partial charge is 0.355 e. The van der Waals surface area contributed by atoms with Crippen molar-refractivity contribution in [3.63, 3.8) is 0 Å². The first kappa shape index (κ1) is 13.8. The number of nitrogens with one attached hydrogen (secondary N) is 2. The summed E-state index contributed by atoms with van der Waals surface area (Å²) in [6.07, 6.45) is 2.05. The number of amides is 1. The average molecular weight is 244 g/mol. The maximum absolute atomic E-state index is 11.6. The first-order chi connectivity index (χ1) is 7.38. The minimum atomic E-state index is 0.0179. The molecule has 2 N–H and O–H groups in total. The number of hydrogen-bond acceptors (Lipinski definition) is 3. The lowest BCUT2D eigenvalue weighted by molar-refractivity contribution is -0.124. The Morgan fingerprint density at radius 1 is 1.56 bits per heavy atom. The van der Waals surface area contributed by atoms with Crippen LogP contribution in [0.25, 0.3) is 0 Å². The van der Waals surface area contributed by atoms with Crippen LogP contribution in [0.2, 0.25) is 0 Å². The summed E-state index contributed by atoms with van der Waals surface area (Å²) in [6, 6.07) is 0.405. The van der Waals surface area contributed by atoms with Crippen LogP contribution >= 0.6 is 11.8 Å². The Kier molecular flexibility index (Phi) is 5.12. The Morgan fingerprint density at radius 3 is 2.81 bits per heavy atom. The molecule has 1 aliphatic rings. The molecule has 3 nitrogen and oxygen atoms in total. The Bertz CT molecular complexity index is 238. The van der Waals surface area contributed by atoms with Gasteiger partial charge in [-0.25, -0.2) is 0 Å². The lowest BCUT2D eigenvalue weighted by Gasteiger charge is -2.27. The molecular formula is C12H24N2OS. The van der Waals surface area contributed by atoms with Gasteiger partial charge in [-0.05, 0) is 19.8 Å². The number of thioether (sulfide) groups is 1. The molecule has 1 rings (SSSR count). The summed E-state index contributed by atoms with van der Waals surface area (Å²) in [6.45, 7) is 9.65. The molecule has 1 saturated heterocycles. The van der Waals surface area contributed by atoms with Crippen LogP contribution in [0.5, 0.6) is 0 Å². The van der Waals surface area contributed by atoms with Crippen molar-refractivity contribution in [2.75, 3.05) is 12.3 Å². The molecule has 0 saturated carbocycles. The van der Waals surface area contributed by atoms with Gasteiger partial charge in [0.1, 0.15) is 0 Å². The van der Waals surface area contributed by atoms with Crippen molar-refractivity contribution in [3.05, 3.63) is 0 Å². The van der Waals surface area contributed by atoms with Gasteiger partial charge in [0.25, 0.3) is 0 Å². The second-order valence-electron chi connectivity index (χ2n) is 5.48. The second kappa shape index (κ2) is 5.92. The van der Waals surface area contributed by atoms with E-state index < -0.39 is 0 Å². The summed E-state index contributed by atoms with van der Waals surface area (Å²) >= 11 is 1.94. The topological polar surface area (TPSA) is 41.1 Å². The monoisotopic (exact) mass is 244 g/mol. The van der Waals surface area contributed by atoms with E-state index in [1.54, 1.807) is 0 Å². The van der Waals surface area contributed by atoms with E-state index in [-0.39, 0.29) is 11.9 Å². The van der Waals surface area contributed by atoms with Crippen molar-refractivity contribution >= 4 is 17.7 Å². The first-order valence-electron chi connectivity index (χ1n) is 6.06. The fraction of sp³-hybridized carbons (Fsp3) is 0.917. The highest BCUT2D eigenvalue weighted by molar-refractivity contribution is 8.00. The zero-order valence-electron chi connectivity index (χ0n) is 10.8. The molecule has 0 radical (unpaired) electrons. The van der Waals surface area contributed by atoms with Crippen LogP contribution in [0.1, 0.15) is 40.5 Å². The Balaban J connectivity index is 2.27. The number of carbonyl (C=O) groups is 1. The molecule has 0 aromatic heterocycles. The van der Waals surface area contributed by atoms with Gasteiger partial charge in [-0.3, -0.25) is 4.79 Å². The summed E-state index contributed by atoms with van der Waals surface area (Å²) < 4.78 is 0.296. The van der Waals surface area contributed by atoms with Crippen molar-refractivity contribution in [1.82, 2.24) is 10.6 Å². The van der Waals surface area contributed by atoms with Crippen LogP contribution < -0.4 is 10.6 Å². The van der Waals surface area contributed by atoms with Crippen molar-refractivity contribution in [3.8, 4) is 0 Å². The van der Waals surface area contributed by atoms with Gasteiger partial charge >= 0.3 is 0 Å². The van der Waals surface area contributed by atoms with E-state index in [0.29, 0.717) is 10.8 Å². The van der Waals surface area contributed by atoms with E-state index in [9.17, 15) is 4.79 Å². The fourth-order valence-corrected chi connectivity index (χ4v) is 2.54. The van der Waals surface area contributed by atoms with Gasteiger partial charge in [-0.2, -0.15) is 11.8 Å². The standard InChI is InChI=1S/C12H24N2OS/c1-9(8-16-12(2,3)4)14-10-6-5-7-13-11(10)15/h9-10,14H,5-8H2,1-4H3,(H,13,15)/t9-,10+/m0/s1. The number of hydrogen-bond donors (Lipinski definition) is 2. The van der Waals surface area contributed by atoms with Crippen molar-refractivity contribution in [1.29, 1.82) is 0 Å². The summed E-state index contributed by atoms with van der Waals surface area (Å²) in [7, 11) is 0. The Morgan fingerprint density at radius 2 is 2.25 bits per heavy atom. The molecule has 1 amide bonds. The van der Waals surface area contributed by atoms with Gasteiger partial charge in [0.15, 0.2) is 0 Å². The molecule has 94 valence electrons. The summed E-state index contributed by atoms with van der Waals surface area (Å²) in [4.78, 5) is 11.6. The SMILES string of the molecule is C[C@@H](CSC(C)(C)C)N[C@@H]1CCCNC1=O. The number of piperidine rings is 1. The van der Waals surface area contributed by atoms with Crippen LogP contribution in [0.4, 0.5) is 0 Å². The highest BCUT2D eigenvalue weighted by Gasteiger charge is 2.23. The Labute approximate surface area is 103 Å². The molecule has 1 heterocycles. The van der Waals surface area contributed by atoms with Gasteiger partial charge in [-0.15, -0.1) is 0 Å². The number of carbonyl (C=O) groups excluding carboxylic acids is 1. The second-order valence-corrected chi connectivity index (χ2v) is 7.32. The Hall–Kier alpha value is -0.220. The van der Waals surface area contributed by atoms with Gasteiger partial charge in [0.05, 0.1) is 6.04 Å². The average Bonchev–Trinajstić information content (AvgIpc) is 2.18. The van der Waals surface area contributed by atoms with E-state index >= 15 is 0 Å². The fourth-order valence-electron chi connectivity index (χ4n) is 1.70. The summed E-state index contributed by atoms with van der Waals surface area (Å²) in [5.74, 6) is 1.21. The molecule has 2 atom stereocenters. The minimum absolute atomic E-state index is 0.0179. The van der Waals surface area contributed by atoms with E-state index in [0.717, 1.165) is 25.1 Å². The zero-order valence-corrected chi connectivity index (χ0v) is 11.6. The van der Waals surface area contributed by atoms with Crippen LogP contribution in [-0.4, -0.2) is 35.0 Å². The third-order valence-electron chi connectivity index (χ3n) is 2.54. The third kappa shape index (κ3) is 5.21. The summed E-state index contributed by atoms with van der Waals surface area (Å²) in [5, 5.41) is 6.31. The van der Waals surface area contributed by atoms with Crippen LogP contribution in [0.3, 0.4) is 0 Å². The smallest absolute Gasteiger partial charge is 0.237 e. The molecule has 0 bridgehead atoms. The van der Waals surface area contributed by atoms with Gasteiger partial charge in [0.2, 0.25) is 5.91 Å². The van der Waals surface area contributed by atoms with E-state index in [1.807, 2.05) is 11.8 Å². The normalized spacial score (nSPS) is 24.0. The van der Waals surface area contributed by atoms with Crippen LogP contribution in [0, 0.1) is 0 Å². The maximum Gasteiger partial charge on any atom is 0.237 e. The molecule has 0 spiro atoms. The predicted octanol–water partition coefficient (Wildman–Crippen LogP) is 1.77. The lowest BCUT2D eigenvalue weighted by Crippen LogP contribution is -2.51. The van der Waals surface area contributed by atoms with Gasteiger partial charge in [0, 0.05) is 23.1 Å². The number of rotatable bonds is 4.